The number of rotatable bonds is 2. The number of fused-ring (bicyclic) bond motifs is 1. The Kier molecular flexibility index (Phi) is 3.56. The van der Waals surface area contributed by atoms with Gasteiger partial charge in [-0.1, -0.05) is 0 Å². The number of anilines is 1. The summed E-state index contributed by atoms with van der Waals surface area (Å²) >= 11 is 3.40. The lowest BCUT2D eigenvalue weighted by Crippen LogP contribution is -2.41. The average Bonchev–Trinajstić information content (AvgIpc) is 2.46. The molecule has 20 heavy (non-hydrogen) atoms. The van der Waals surface area contributed by atoms with Crippen molar-refractivity contribution in [2.45, 2.75) is 12.8 Å². The first kappa shape index (κ1) is 13.3. The number of carbonyl (C=O) groups excluding carboxylic acids is 1. The van der Waals surface area contributed by atoms with Crippen molar-refractivity contribution in [3.05, 3.63) is 29.0 Å². The second-order valence-corrected chi connectivity index (χ2v) is 5.95. The molecule has 0 aromatic carbocycles. The molecule has 3 rings (SSSR count). The maximum absolute atomic E-state index is 11.4. The van der Waals surface area contributed by atoms with Gasteiger partial charge in [-0.05, 0) is 40.9 Å². The number of nitrogens with zero attached hydrogens (tertiary/aromatic N) is 3. The highest BCUT2D eigenvalue weighted by atomic mass is 79.9. The van der Waals surface area contributed by atoms with Gasteiger partial charge >= 0.3 is 0 Å². The Bertz CT molecular complexity index is 661. The lowest BCUT2D eigenvalue weighted by Gasteiger charge is -2.33. The SMILES string of the molecule is NC(=O)[C@H]1CCCN(c2ccnc3cc(Br)cnc23)C1. The molecule has 2 N–H and O–H groups in total. The van der Waals surface area contributed by atoms with E-state index in [-0.39, 0.29) is 11.8 Å². The summed E-state index contributed by atoms with van der Waals surface area (Å²) in [7, 11) is 0. The number of amides is 1. The van der Waals surface area contributed by atoms with E-state index in [2.05, 4.69) is 30.8 Å². The van der Waals surface area contributed by atoms with Gasteiger partial charge in [0, 0.05) is 30.0 Å². The van der Waals surface area contributed by atoms with Crippen LogP contribution in [0, 0.1) is 5.92 Å². The zero-order chi connectivity index (χ0) is 14.1. The molecule has 5 nitrogen and oxygen atoms in total. The summed E-state index contributed by atoms with van der Waals surface area (Å²) in [5.74, 6) is -0.300. The van der Waals surface area contributed by atoms with Crippen molar-refractivity contribution >= 4 is 38.6 Å². The van der Waals surface area contributed by atoms with Gasteiger partial charge in [-0.25, -0.2) is 0 Å². The van der Waals surface area contributed by atoms with E-state index in [4.69, 9.17) is 5.73 Å². The summed E-state index contributed by atoms with van der Waals surface area (Å²) in [6.07, 6.45) is 5.38. The summed E-state index contributed by atoms with van der Waals surface area (Å²) in [5, 5.41) is 0. The van der Waals surface area contributed by atoms with E-state index in [1.165, 1.54) is 0 Å². The molecule has 1 aliphatic rings. The molecule has 1 amide bonds. The minimum Gasteiger partial charge on any atom is -0.369 e. The van der Waals surface area contributed by atoms with Crippen LogP contribution < -0.4 is 10.6 Å². The summed E-state index contributed by atoms with van der Waals surface area (Å²) < 4.78 is 0.906. The third-order valence-electron chi connectivity index (χ3n) is 3.69. The Balaban J connectivity index is 1.99. The molecular weight excluding hydrogens is 320 g/mol. The Hall–Kier alpha value is -1.69. The Morgan fingerprint density at radius 3 is 3.10 bits per heavy atom. The third-order valence-corrected chi connectivity index (χ3v) is 4.12. The molecule has 2 aromatic rings. The van der Waals surface area contributed by atoms with E-state index in [9.17, 15) is 4.79 Å². The molecule has 2 aromatic heterocycles. The fraction of sp³-hybridized carbons (Fsp3) is 0.357. The lowest BCUT2D eigenvalue weighted by atomic mass is 9.97. The van der Waals surface area contributed by atoms with Crippen molar-refractivity contribution in [3.8, 4) is 0 Å². The Morgan fingerprint density at radius 1 is 1.45 bits per heavy atom. The number of pyridine rings is 2. The van der Waals surface area contributed by atoms with Crippen LogP contribution in [-0.2, 0) is 4.79 Å². The zero-order valence-electron chi connectivity index (χ0n) is 10.9. The molecule has 1 fully saturated rings. The first-order chi connectivity index (χ1) is 9.65. The molecule has 104 valence electrons. The minimum atomic E-state index is -0.219. The molecule has 0 unspecified atom stereocenters. The second-order valence-electron chi connectivity index (χ2n) is 5.04. The van der Waals surface area contributed by atoms with Crippen LogP contribution in [0.25, 0.3) is 11.0 Å². The second kappa shape index (κ2) is 5.36. The van der Waals surface area contributed by atoms with Gasteiger partial charge in [0.05, 0.1) is 17.1 Å². The highest BCUT2D eigenvalue weighted by molar-refractivity contribution is 9.10. The van der Waals surface area contributed by atoms with Gasteiger partial charge in [-0.15, -0.1) is 0 Å². The van der Waals surface area contributed by atoms with Gasteiger partial charge in [0.25, 0.3) is 0 Å². The van der Waals surface area contributed by atoms with Crippen LogP contribution in [0.15, 0.2) is 29.0 Å². The number of hydrogen-bond acceptors (Lipinski definition) is 4. The highest BCUT2D eigenvalue weighted by Gasteiger charge is 2.25. The van der Waals surface area contributed by atoms with Gasteiger partial charge in [-0.2, -0.15) is 0 Å². The number of hydrogen-bond donors (Lipinski definition) is 1. The first-order valence-electron chi connectivity index (χ1n) is 6.59. The standard InChI is InChI=1S/C14H15BrN4O/c15-10-6-11-13(18-7-10)12(3-4-17-11)19-5-1-2-9(8-19)14(16)20/h3-4,6-7,9H,1-2,5,8H2,(H2,16,20)/t9-/m0/s1. The van der Waals surface area contributed by atoms with Crippen LogP contribution >= 0.6 is 15.9 Å². The van der Waals surface area contributed by atoms with Gasteiger partial charge in [-0.3, -0.25) is 14.8 Å². The highest BCUT2D eigenvalue weighted by Crippen LogP contribution is 2.29. The van der Waals surface area contributed by atoms with Crippen molar-refractivity contribution in [2.24, 2.45) is 11.7 Å². The fourth-order valence-electron chi connectivity index (χ4n) is 2.67. The van der Waals surface area contributed by atoms with Crippen LogP contribution in [0.3, 0.4) is 0 Å². The predicted octanol–water partition coefficient (Wildman–Crippen LogP) is 2.09. The van der Waals surface area contributed by atoms with Crippen molar-refractivity contribution < 1.29 is 4.79 Å². The smallest absolute Gasteiger partial charge is 0.222 e. The largest absolute Gasteiger partial charge is 0.369 e. The van der Waals surface area contributed by atoms with E-state index < -0.39 is 0 Å². The van der Waals surface area contributed by atoms with Crippen LogP contribution in [-0.4, -0.2) is 29.0 Å². The van der Waals surface area contributed by atoms with Gasteiger partial charge < -0.3 is 10.6 Å². The third kappa shape index (κ3) is 2.47. The topological polar surface area (TPSA) is 72.1 Å². The quantitative estimate of drug-likeness (QED) is 0.912. The lowest BCUT2D eigenvalue weighted by molar-refractivity contribution is -0.122. The summed E-state index contributed by atoms with van der Waals surface area (Å²) in [5.41, 5.74) is 8.17. The molecule has 1 saturated heterocycles. The molecule has 0 aliphatic carbocycles. The Labute approximate surface area is 125 Å². The van der Waals surface area contributed by atoms with Crippen molar-refractivity contribution in [1.29, 1.82) is 0 Å². The number of primary amides is 1. The van der Waals surface area contributed by atoms with E-state index >= 15 is 0 Å². The molecule has 1 aliphatic heterocycles. The predicted molar refractivity (Wildman–Crippen MR) is 81.4 cm³/mol. The average molecular weight is 335 g/mol. The van der Waals surface area contributed by atoms with E-state index in [0.717, 1.165) is 40.6 Å². The monoisotopic (exact) mass is 334 g/mol. The van der Waals surface area contributed by atoms with Crippen molar-refractivity contribution in [3.63, 3.8) is 0 Å². The van der Waals surface area contributed by atoms with Gasteiger partial charge in [0.1, 0.15) is 5.52 Å². The molecular formula is C14H15BrN4O. The number of nitrogens with two attached hydrogens (primary N) is 1. The van der Waals surface area contributed by atoms with Crippen LogP contribution in [0.1, 0.15) is 12.8 Å². The number of piperidine rings is 1. The number of aromatic nitrogens is 2. The molecule has 0 radical (unpaired) electrons. The molecule has 6 heteroatoms. The maximum atomic E-state index is 11.4. The van der Waals surface area contributed by atoms with E-state index in [1.54, 1.807) is 12.4 Å². The molecule has 0 saturated carbocycles. The van der Waals surface area contributed by atoms with Crippen molar-refractivity contribution in [1.82, 2.24) is 9.97 Å². The summed E-state index contributed by atoms with van der Waals surface area (Å²) in [6, 6.07) is 3.90. The summed E-state index contributed by atoms with van der Waals surface area (Å²) in [6.45, 7) is 1.58. The van der Waals surface area contributed by atoms with E-state index in [0.29, 0.717) is 6.54 Å². The van der Waals surface area contributed by atoms with Gasteiger partial charge in [0.15, 0.2) is 0 Å². The summed E-state index contributed by atoms with van der Waals surface area (Å²) in [4.78, 5) is 22.4. The Morgan fingerprint density at radius 2 is 2.30 bits per heavy atom. The molecule has 3 heterocycles. The van der Waals surface area contributed by atoms with Crippen LogP contribution in [0.2, 0.25) is 0 Å². The molecule has 0 spiro atoms. The number of carbonyl (C=O) groups is 1. The van der Waals surface area contributed by atoms with Crippen molar-refractivity contribution in [2.75, 3.05) is 18.0 Å². The molecule has 1 atom stereocenters. The maximum Gasteiger partial charge on any atom is 0.222 e. The van der Waals surface area contributed by atoms with Gasteiger partial charge in [0.2, 0.25) is 5.91 Å². The minimum absolute atomic E-state index is 0.0811. The zero-order valence-corrected chi connectivity index (χ0v) is 12.5. The number of halogens is 1. The van der Waals surface area contributed by atoms with Crippen LogP contribution in [0.4, 0.5) is 5.69 Å². The molecule has 0 bridgehead atoms. The van der Waals surface area contributed by atoms with Crippen LogP contribution in [0.5, 0.6) is 0 Å². The fourth-order valence-corrected chi connectivity index (χ4v) is 2.99. The normalized spacial score (nSPS) is 19.2. The van der Waals surface area contributed by atoms with E-state index in [1.807, 2.05) is 12.1 Å². The first-order valence-corrected chi connectivity index (χ1v) is 7.39.